The molecular formula is C15H23N3O. The highest BCUT2D eigenvalue weighted by atomic mass is 16.2. The zero-order chi connectivity index (χ0) is 13.7. The fourth-order valence-corrected chi connectivity index (χ4v) is 2.18. The van der Waals surface area contributed by atoms with Crippen molar-refractivity contribution in [1.82, 2.24) is 10.2 Å². The second-order valence-corrected chi connectivity index (χ2v) is 5.37. The molecular weight excluding hydrogens is 238 g/mol. The van der Waals surface area contributed by atoms with Gasteiger partial charge in [-0.05, 0) is 32.0 Å². The predicted molar refractivity (Wildman–Crippen MR) is 76.5 cm³/mol. The Kier molecular flexibility index (Phi) is 4.93. The SMILES string of the molecule is CN(CCCNC(=O)C1CC1N)Cc1ccccc1. The molecule has 4 nitrogen and oxygen atoms in total. The van der Waals surface area contributed by atoms with Gasteiger partial charge in [0.05, 0.1) is 5.92 Å². The van der Waals surface area contributed by atoms with Gasteiger partial charge in [0, 0.05) is 19.1 Å². The number of carbonyl (C=O) groups excluding carboxylic acids is 1. The first-order valence-corrected chi connectivity index (χ1v) is 6.92. The predicted octanol–water partition coefficient (Wildman–Crippen LogP) is 0.972. The van der Waals surface area contributed by atoms with Crippen molar-refractivity contribution >= 4 is 5.91 Å². The molecule has 0 spiro atoms. The van der Waals surface area contributed by atoms with Crippen LogP contribution in [0.4, 0.5) is 0 Å². The number of amides is 1. The number of nitrogens with two attached hydrogens (primary N) is 1. The van der Waals surface area contributed by atoms with Gasteiger partial charge in [-0.15, -0.1) is 0 Å². The van der Waals surface area contributed by atoms with E-state index in [-0.39, 0.29) is 17.9 Å². The number of benzene rings is 1. The third-order valence-corrected chi connectivity index (χ3v) is 3.49. The van der Waals surface area contributed by atoms with Gasteiger partial charge in [-0.3, -0.25) is 4.79 Å². The highest BCUT2D eigenvalue weighted by molar-refractivity contribution is 5.82. The van der Waals surface area contributed by atoms with E-state index in [2.05, 4.69) is 41.5 Å². The molecule has 2 rings (SSSR count). The Balaban J connectivity index is 1.56. The number of nitrogens with one attached hydrogen (secondary N) is 1. The van der Waals surface area contributed by atoms with E-state index >= 15 is 0 Å². The monoisotopic (exact) mass is 261 g/mol. The largest absolute Gasteiger partial charge is 0.356 e. The lowest BCUT2D eigenvalue weighted by Crippen LogP contribution is -2.30. The fraction of sp³-hybridized carbons (Fsp3) is 0.533. The summed E-state index contributed by atoms with van der Waals surface area (Å²) in [6.07, 6.45) is 1.82. The lowest BCUT2D eigenvalue weighted by Gasteiger charge is -2.16. The summed E-state index contributed by atoms with van der Waals surface area (Å²) in [7, 11) is 2.10. The average Bonchev–Trinajstić information content (AvgIpc) is 3.13. The summed E-state index contributed by atoms with van der Waals surface area (Å²) in [5.41, 5.74) is 6.95. The van der Waals surface area contributed by atoms with Gasteiger partial charge < -0.3 is 16.0 Å². The number of nitrogens with zero attached hydrogens (tertiary/aromatic N) is 1. The topological polar surface area (TPSA) is 58.4 Å². The lowest BCUT2D eigenvalue weighted by atomic mass is 10.2. The molecule has 0 aliphatic heterocycles. The zero-order valence-corrected chi connectivity index (χ0v) is 11.5. The van der Waals surface area contributed by atoms with Crippen molar-refractivity contribution in [2.24, 2.45) is 11.7 Å². The van der Waals surface area contributed by atoms with Crippen molar-refractivity contribution in [3.05, 3.63) is 35.9 Å². The van der Waals surface area contributed by atoms with Crippen molar-refractivity contribution in [3.8, 4) is 0 Å². The maximum absolute atomic E-state index is 11.5. The van der Waals surface area contributed by atoms with E-state index in [9.17, 15) is 4.79 Å². The molecule has 0 heterocycles. The van der Waals surface area contributed by atoms with Crippen LogP contribution < -0.4 is 11.1 Å². The first-order valence-electron chi connectivity index (χ1n) is 6.92. The summed E-state index contributed by atoms with van der Waals surface area (Å²) in [6.45, 7) is 2.66. The Hall–Kier alpha value is -1.39. The zero-order valence-electron chi connectivity index (χ0n) is 11.5. The lowest BCUT2D eigenvalue weighted by molar-refractivity contribution is -0.122. The molecule has 2 atom stereocenters. The van der Waals surface area contributed by atoms with Crippen LogP contribution in [0.3, 0.4) is 0 Å². The minimum absolute atomic E-state index is 0.0713. The van der Waals surface area contributed by atoms with Gasteiger partial charge in [0.15, 0.2) is 0 Å². The third-order valence-electron chi connectivity index (χ3n) is 3.49. The number of carbonyl (C=O) groups is 1. The van der Waals surface area contributed by atoms with Crippen LogP contribution in [0.5, 0.6) is 0 Å². The van der Waals surface area contributed by atoms with Crippen LogP contribution in [-0.4, -0.2) is 37.0 Å². The Morgan fingerprint density at radius 3 is 2.74 bits per heavy atom. The van der Waals surface area contributed by atoms with Gasteiger partial charge in [-0.25, -0.2) is 0 Å². The molecule has 3 N–H and O–H groups in total. The van der Waals surface area contributed by atoms with E-state index < -0.39 is 0 Å². The number of hydrogen-bond donors (Lipinski definition) is 2. The molecule has 2 unspecified atom stereocenters. The number of hydrogen-bond acceptors (Lipinski definition) is 3. The Labute approximate surface area is 115 Å². The third kappa shape index (κ3) is 4.65. The summed E-state index contributed by atoms with van der Waals surface area (Å²) in [6, 6.07) is 10.5. The smallest absolute Gasteiger partial charge is 0.224 e. The molecule has 1 amide bonds. The van der Waals surface area contributed by atoms with Crippen LogP contribution in [0.25, 0.3) is 0 Å². The van der Waals surface area contributed by atoms with Crippen LogP contribution in [-0.2, 0) is 11.3 Å². The second kappa shape index (κ2) is 6.68. The van der Waals surface area contributed by atoms with Gasteiger partial charge in [0.2, 0.25) is 5.91 Å². The van der Waals surface area contributed by atoms with Crippen LogP contribution in [0.1, 0.15) is 18.4 Å². The number of rotatable bonds is 7. The van der Waals surface area contributed by atoms with E-state index in [0.29, 0.717) is 0 Å². The molecule has 0 saturated heterocycles. The molecule has 0 radical (unpaired) electrons. The van der Waals surface area contributed by atoms with Crippen molar-refractivity contribution in [1.29, 1.82) is 0 Å². The molecule has 1 aliphatic rings. The summed E-state index contributed by atoms with van der Waals surface area (Å²) >= 11 is 0. The van der Waals surface area contributed by atoms with Crippen LogP contribution in [0.15, 0.2) is 30.3 Å². The van der Waals surface area contributed by atoms with Crippen molar-refractivity contribution in [3.63, 3.8) is 0 Å². The highest BCUT2D eigenvalue weighted by Crippen LogP contribution is 2.27. The van der Waals surface area contributed by atoms with Crippen LogP contribution in [0, 0.1) is 5.92 Å². The van der Waals surface area contributed by atoms with Gasteiger partial charge in [-0.1, -0.05) is 30.3 Å². The minimum Gasteiger partial charge on any atom is -0.356 e. The summed E-state index contributed by atoms with van der Waals surface area (Å²) in [5.74, 6) is 0.195. The van der Waals surface area contributed by atoms with Crippen molar-refractivity contribution < 1.29 is 4.79 Å². The molecule has 1 fully saturated rings. The first-order chi connectivity index (χ1) is 9.16. The van der Waals surface area contributed by atoms with Gasteiger partial charge in [0.1, 0.15) is 0 Å². The summed E-state index contributed by atoms with van der Waals surface area (Å²) in [4.78, 5) is 13.8. The van der Waals surface area contributed by atoms with E-state index in [4.69, 9.17) is 5.73 Å². The molecule has 0 aromatic heterocycles. The standard InChI is InChI=1S/C15H23N3O/c1-18(11-12-6-3-2-4-7-12)9-5-8-17-15(19)13-10-14(13)16/h2-4,6-7,13-14H,5,8-11,16H2,1H3,(H,17,19). The Bertz CT molecular complexity index is 407. The van der Waals surface area contributed by atoms with Gasteiger partial charge >= 0.3 is 0 Å². The average molecular weight is 261 g/mol. The molecule has 104 valence electrons. The van der Waals surface area contributed by atoms with Crippen molar-refractivity contribution in [2.75, 3.05) is 20.1 Å². The van der Waals surface area contributed by atoms with Gasteiger partial charge in [-0.2, -0.15) is 0 Å². The van der Waals surface area contributed by atoms with E-state index in [1.807, 2.05) is 6.07 Å². The van der Waals surface area contributed by atoms with E-state index in [1.54, 1.807) is 0 Å². The molecule has 1 aromatic carbocycles. The van der Waals surface area contributed by atoms with Gasteiger partial charge in [0.25, 0.3) is 0 Å². The van der Waals surface area contributed by atoms with E-state index in [1.165, 1.54) is 5.56 Å². The Morgan fingerprint density at radius 2 is 2.11 bits per heavy atom. The first kappa shape index (κ1) is 14.0. The molecule has 19 heavy (non-hydrogen) atoms. The molecule has 1 saturated carbocycles. The molecule has 4 heteroatoms. The van der Waals surface area contributed by atoms with Crippen LogP contribution >= 0.6 is 0 Å². The van der Waals surface area contributed by atoms with E-state index in [0.717, 1.165) is 32.5 Å². The molecule has 1 aliphatic carbocycles. The summed E-state index contributed by atoms with van der Waals surface area (Å²) < 4.78 is 0. The molecule has 0 bridgehead atoms. The quantitative estimate of drug-likeness (QED) is 0.719. The minimum atomic E-state index is 0.0713. The molecule has 1 aromatic rings. The van der Waals surface area contributed by atoms with Crippen molar-refractivity contribution in [2.45, 2.75) is 25.4 Å². The normalized spacial score (nSPS) is 21.4. The maximum Gasteiger partial charge on any atom is 0.224 e. The summed E-state index contributed by atoms with van der Waals surface area (Å²) in [5, 5.41) is 2.95. The Morgan fingerprint density at radius 1 is 1.42 bits per heavy atom. The highest BCUT2D eigenvalue weighted by Gasteiger charge is 2.39. The second-order valence-electron chi connectivity index (χ2n) is 5.37. The maximum atomic E-state index is 11.5. The van der Waals surface area contributed by atoms with Crippen LogP contribution in [0.2, 0.25) is 0 Å². The fourth-order valence-electron chi connectivity index (χ4n) is 2.18.